The number of halogens is 1. The minimum absolute atomic E-state index is 0.121. The molecule has 0 unspecified atom stereocenters. The topological polar surface area (TPSA) is 74.5 Å². The molecular weight excluding hydrogens is 207 g/mol. The Labute approximate surface area is 84.8 Å². The van der Waals surface area contributed by atoms with E-state index >= 15 is 0 Å². The van der Waals surface area contributed by atoms with E-state index in [-0.39, 0.29) is 19.1 Å². The molecule has 0 aromatic carbocycles. The van der Waals surface area contributed by atoms with E-state index in [2.05, 4.69) is 4.98 Å². The zero-order valence-electron chi connectivity index (χ0n) is 7.97. The summed E-state index contributed by atoms with van der Waals surface area (Å²) in [5.41, 5.74) is -0.494. The summed E-state index contributed by atoms with van der Waals surface area (Å²) in [6.07, 6.45) is 0.856. The van der Waals surface area contributed by atoms with Gasteiger partial charge in [-0.3, -0.25) is 10.1 Å². The number of methoxy groups -OCH3 is 1. The Balaban J connectivity index is 2.81. The van der Waals surface area contributed by atoms with Gasteiger partial charge in [0.05, 0.1) is 23.8 Å². The number of pyridine rings is 1. The van der Waals surface area contributed by atoms with E-state index in [4.69, 9.17) is 9.47 Å². The average molecular weight is 216 g/mol. The number of nitro groups is 1. The zero-order chi connectivity index (χ0) is 11.3. The maximum absolute atomic E-state index is 12.6. The lowest BCUT2D eigenvalue weighted by atomic mass is 10.4. The molecule has 0 spiro atoms. The first-order valence-electron chi connectivity index (χ1n) is 4.07. The zero-order valence-corrected chi connectivity index (χ0v) is 7.97. The lowest BCUT2D eigenvalue weighted by Gasteiger charge is -2.04. The van der Waals surface area contributed by atoms with E-state index in [0.717, 1.165) is 12.3 Å². The second kappa shape index (κ2) is 5.20. The van der Waals surface area contributed by atoms with E-state index in [1.165, 1.54) is 7.11 Å². The first kappa shape index (κ1) is 11.3. The Morgan fingerprint density at radius 2 is 2.33 bits per heavy atom. The highest BCUT2D eigenvalue weighted by Crippen LogP contribution is 2.24. The molecule has 1 aromatic rings. The van der Waals surface area contributed by atoms with Gasteiger partial charge in [0, 0.05) is 7.11 Å². The van der Waals surface area contributed by atoms with Crippen LogP contribution < -0.4 is 4.74 Å². The van der Waals surface area contributed by atoms with E-state index < -0.39 is 16.4 Å². The van der Waals surface area contributed by atoms with Gasteiger partial charge in [-0.1, -0.05) is 0 Å². The van der Waals surface area contributed by atoms with Crippen LogP contribution in [0.3, 0.4) is 0 Å². The smallest absolute Gasteiger partial charge is 0.333 e. The maximum Gasteiger partial charge on any atom is 0.333 e. The summed E-state index contributed by atoms with van der Waals surface area (Å²) in [6.45, 7) is 0.395. The van der Waals surface area contributed by atoms with E-state index in [1.807, 2.05) is 0 Å². The SMILES string of the molecule is COCCOc1ncc(F)cc1[N+](=O)[O-]. The average Bonchev–Trinajstić information content (AvgIpc) is 2.20. The predicted octanol–water partition coefficient (Wildman–Crippen LogP) is 1.15. The first-order chi connectivity index (χ1) is 7.15. The van der Waals surface area contributed by atoms with Gasteiger partial charge >= 0.3 is 5.69 Å². The summed E-state index contributed by atoms with van der Waals surface area (Å²) in [4.78, 5) is 13.2. The molecule has 0 amide bonds. The Hall–Kier alpha value is -1.76. The minimum Gasteiger partial charge on any atom is -0.470 e. The van der Waals surface area contributed by atoms with Gasteiger partial charge in [0.15, 0.2) is 0 Å². The molecule has 7 heteroatoms. The van der Waals surface area contributed by atoms with Crippen LogP contribution in [0.1, 0.15) is 0 Å². The fraction of sp³-hybridized carbons (Fsp3) is 0.375. The normalized spacial score (nSPS) is 10.0. The molecule has 0 saturated carbocycles. The van der Waals surface area contributed by atoms with Crippen molar-refractivity contribution in [3.8, 4) is 5.88 Å². The van der Waals surface area contributed by atoms with Gasteiger partial charge in [0.25, 0.3) is 5.88 Å². The van der Waals surface area contributed by atoms with Crippen LogP contribution in [0, 0.1) is 15.9 Å². The summed E-state index contributed by atoms with van der Waals surface area (Å²) in [5.74, 6) is -0.987. The third-order valence-corrected chi connectivity index (χ3v) is 1.52. The molecule has 0 aliphatic heterocycles. The Bertz CT molecular complexity index is 358. The summed E-state index contributed by atoms with van der Waals surface area (Å²) in [7, 11) is 1.47. The van der Waals surface area contributed by atoms with Crippen LogP contribution in [0.4, 0.5) is 10.1 Å². The summed E-state index contributed by atoms with van der Waals surface area (Å²) in [5, 5.41) is 10.5. The van der Waals surface area contributed by atoms with E-state index in [1.54, 1.807) is 0 Å². The van der Waals surface area contributed by atoms with Crippen molar-refractivity contribution < 1.29 is 18.8 Å². The van der Waals surface area contributed by atoms with Crippen LogP contribution in [0.15, 0.2) is 12.3 Å². The molecule has 6 nitrogen and oxygen atoms in total. The standard InChI is InChI=1S/C8H9FN2O4/c1-14-2-3-15-8-7(11(12)13)4-6(9)5-10-8/h4-5H,2-3H2,1H3. The highest BCUT2D eigenvalue weighted by Gasteiger charge is 2.17. The third-order valence-electron chi connectivity index (χ3n) is 1.52. The highest BCUT2D eigenvalue weighted by atomic mass is 19.1. The molecule has 82 valence electrons. The Morgan fingerprint density at radius 3 is 2.93 bits per heavy atom. The molecule has 1 heterocycles. The van der Waals surface area contributed by atoms with Crippen LogP contribution in [-0.4, -0.2) is 30.2 Å². The van der Waals surface area contributed by atoms with Crippen LogP contribution in [0.25, 0.3) is 0 Å². The van der Waals surface area contributed by atoms with Crippen molar-refractivity contribution in [2.24, 2.45) is 0 Å². The number of ether oxygens (including phenoxy) is 2. The molecule has 15 heavy (non-hydrogen) atoms. The quantitative estimate of drug-likeness (QED) is 0.419. The van der Waals surface area contributed by atoms with Crippen LogP contribution in [0.2, 0.25) is 0 Å². The number of hydrogen-bond donors (Lipinski definition) is 0. The first-order valence-corrected chi connectivity index (χ1v) is 4.07. The number of nitrogens with zero attached hydrogens (tertiary/aromatic N) is 2. The lowest BCUT2D eigenvalue weighted by Crippen LogP contribution is -2.07. The fourth-order valence-corrected chi connectivity index (χ4v) is 0.880. The second-order valence-corrected chi connectivity index (χ2v) is 2.58. The highest BCUT2D eigenvalue weighted by molar-refractivity contribution is 5.40. The molecule has 0 N–H and O–H groups in total. The van der Waals surface area contributed by atoms with Crippen molar-refractivity contribution in [3.63, 3.8) is 0 Å². The van der Waals surface area contributed by atoms with Gasteiger partial charge in [-0.2, -0.15) is 0 Å². The maximum atomic E-state index is 12.6. The summed E-state index contributed by atoms with van der Waals surface area (Å²) >= 11 is 0. The van der Waals surface area contributed by atoms with Gasteiger partial charge in [-0.15, -0.1) is 0 Å². The molecule has 1 aromatic heterocycles. The van der Waals surface area contributed by atoms with Crippen molar-refractivity contribution in [3.05, 3.63) is 28.2 Å². The molecule has 0 atom stereocenters. The molecule has 0 aliphatic carbocycles. The van der Waals surface area contributed by atoms with Crippen molar-refractivity contribution in [1.29, 1.82) is 0 Å². The monoisotopic (exact) mass is 216 g/mol. The largest absolute Gasteiger partial charge is 0.470 e. The molecular formula is C8H9FN2O4. The van der Waals surface area contributed by atoms with Crippen LogP contribution in [-0.2, 0) is 4.74 Å². The van der Waals surface area contributed by atoms with Gasteiger partial charge in [-0.05, 0) is 0 Å². The molecule has 1 rings (SSSR count). The summed E-state index contributed by atoms with van der Waals surface area (Å²) < 4.78 is 22.3. The van der Waals surface area contributed by atoms with Crippen molar-refractivity contribution in [2.75, 3.05) is 20.3 Å². The molecule has 0 aliphatic rings. The van der Waals surface area contributed by atoms with Crippen molar-refractivity contribution >= 4 is 5.69 Å². The van der Waals surface area contributed by atoms with Gasteiger partial charge < -0.3 is 9.47 Å². The molecule has 0 saturated heterocycles. The minimum atomic E-state index is -0.777. The van der Waals surface area contributed by atoms with E-state index in [0.29, 0.717) is 0 Å². The van der Waals surface area contributed by atoms with Crippen molar-refractivity contribution in [1.82, 2.24) is 4.98 Å². The predicted molar refractivity (Wildman–Crippen MR) is 48.2 cm³/mol. The number of rotatable bonds is 5. The second-order valence-electron chi connectivity index (χ2n) is 2.58. The van der Waals surface area contributed by atoms with Crippen LogP contribution >= 0.6 is 0 Å². The van der Waals surface area contributed by atoms with Gasteiger partial charge in [0.2, 0.25) is 0 Å². The van der Waals surface area contributed by atoms with Gasteiger partial charge in [-0.25, -0.2) is 9.37 Å². The number of hydrogen-bond acceptors (Lipinski definition) is 5. The number of aromatic nitrogens is 1. The van der Waals surface area contributed by atoms with Crippen LogP contribution in [0.5, 0.6) is 5.88 Å². The summed E-state index contributed by atoms with van der Waals surface area (Å²) in [6, 6.07) is 0.759. The molecule has 0 bridgehead atoms. The Morgan fingerprint density at radius 1 is 1.60 bits per heavy atom. The molecule has 0 radical (unpaired) electrons. The lowest BCUT2D eigenvalue weighted by molar-refractivity contribution is -0.386. The third kappa shape index (κ3) is 3.13. The Kier molecular flexibility index (Phi) is 3.92. The fourth-order valence-electron chi connectivity index (χ4n) is 0.880. The molecule has 0 fully saturated rings. The van der Waals surface area contributed by atoms with Gasteiger partial charge in [0.1, 0.15) is 12.4 Å². The van der Waals surface area contributed by atoms with Crippen molar-refractivity contribution in [2.45, 2.75) is 0 Å². The van der Waals surface area contributed by atoms with E-state index in [9.17, 15) is 14.5 Å².